The largest absolute Gasteiger partial charge is 0.347 e. The highest BCUT2D eigenvalue weighted by Crippen LogP contribution is 2.13. The number of hydrogen-bond acceptors (Lipinski definition) is 3. The lowest BCUT2D eigenvalue weighted by molar-refractivity contribution is -0.127. The van der Waals surface area contributed by atoms with E-state index >= 15 is 0 Å². The maximum atomic E-state index is 13.5. The van der Waals surface area contributed by atoms with Crippen molar-refractivity contribution in [1.29, 1.82) is 0 Å². The van der Waals surface area contributed by atoms with Gasteiger partial charge in [-0.2, -0.15) is 5.10 Å². The standard InChI is InChI=1S/C16H19FN4O2/c1-11(6-7-12-4-2-3-5-14(12)17)16(23)18-10-15(22)21-13-8-19-20-9-13/h2-5,8-9,11H,6-7,10H2,1H3,(H,18,23)(H,19,20)(H,21,22)/t11-/m1/s1. The molecular weight excluding hydrogens is 299 g/mol. The fourth-order valence-electron chi connectivity index (χ4n) is 2.07. The predicted octanol–water partition coefficient (Wildman–Crippen LogP) is 1.87. The molecule has 0 saturated carbocycles. The normalized spacial score (nSPS) is 11.7. The van der Waals surface area contributed by atoms with Crippen LogP contribution in [0.1, 0.15) is 18.9 Å². The van der Waals surface area contributed by atoms with Gasteiger partial charge in [0.1, 0.15) is 5.82 Å². The van der Waals surface area contributed by atoms with Crippen molar-refractivity contribution < 1.29 is 14.0 Å². The monoisotopic (exact) mass is 318 g/mol. The van der Waals surface area contributed by atoms with Gasteiger partial charge in [0.2, 0.25) is 11.8 Å². The lowest BCUT2D eigenvalue weighted by Crippen LogP contribution is -2.36. The van der Waals surface area contributed by atoms with Crippen molar-refractivity contribution in [2.45, 2.75) is 19.8 Å². The highest BCUT2D eigenvalue weighted by atomic mass is 19.1. The molecule has 0 aliphatic heterocycles. The molecule has 0 radical (unpaired) electrons. The second-order valence-corrected chi connectivity index (χ2v) is 5.28. The zero-order chi connectivity index (χ0) is 16.7. The van der Waals surface area contributed by atoms with E-state index < -0.39 is 0 Å². The first-order valence-corrected chi connectivity index (χ1v) is 7.36. The second kappa shape index (κ2) is 8.07. The summed E-state index contributed by atoms with van der Waals surface area (Å²) < 4.78 is 13.5. The summed E-state index contributed by atoms with van der Waals surface area (Å²) in [5.74, 6) is -1.14. The number of anilines is 1. The van der Waals surface area contributed by atoms with E-state index in [1.807, 2.05) is 0 Å². The topological polar surface area (TPSA) is 86.9 Å². The van der Waals surface area contributed by atoms with Crippen LogP contribution in [0.15, 0.2) is 36.7 Å². The van der Waals surface area contributed by atoms with E-state index in [4.69, 9.17) is 0 Å². The number of nitrogens with zero attached hydrogens (tertiary/aromatic N) is 1. The minimum atomic E-state index is -0.332. The number of benzene rings is 1. The second-order valence-electron chi connectivity index (χ2n) is 5.28. The molecule has 1 atom stereocenters. The van der Waals surface area contributed by atoms with Crippen LogP contribution in [0.5, 0.6) is 0 Å². The Kier molecular flexibility index (Phi) is 5.85. The minimum Gasteiger partial charge on any atom is -0.347 e. The first-order chi connectivity index (χ1) is 11.1. The number of H-pyrrole nitrogens is 1. The van der Waals surface area contributed by atoms with Gasteiger partial charge in [-0.15, -0.1) is 0 Å². The smallest absolute Gasteiger partial charge is 0.243 e. The Morgan fingerprint density at radius 3 is 2.83 bits per heavy atom. The van der Waals surface area contributed by atoms with Crippen LogP contribution >= 0.6 is 0 Å². The van der Waals surface area contributed by atoms with Gasteiger partial charge in [0.05, 0.1) is 18.4 Å². The summed E-state index contributed by atoms with van der Waals surface area (Å²) in [7, 11) is 0. The molecule has 0 aliphatic carbocycles. The lowest BCUT2D eigenvalue weighted by Gasteiger charge is -2.12. The van der Waals surface area contributed by atoms with Gasteiger partial charge < -0.3 is 10.6 Å². The van der Waals surface area contributed by atoms with Gasteiger partial charge in [0, 0.05) is 12.1 Å². The summed E-state index contributed by atoms with van der Waals surface area (Å²) in [6.45, 7) is 1.64. The summed E-state index contributed by atoms with van der Waals surface area (Å²) in [5.41, 5.74) is 1.13. The molecule has 2 rings (SSSR count). The predicted molar refractivity (Wildman–Crippen MR) is 84.1 cm³/mol. The van der Waals surface area contributed by atoms with Gasteiger partial charge in [-0.1, -0.05) is 25.1 Å². The van der Waals surface area contributed by atoms with E-state index in [2.05, 4.69) is 20.8 Å². The van der Waals surface area contributed by atoms with Gasteiger partial charge in [-0.25, -0.2) is 4.39 Å². The van der Waals surface area contributed by atoms with E-state index in [0.717, 1.165) is 0 Å². The molecule has 2 amide bonds. The molecule has 0 aliphatic rings. The number of aromatic nitrogens is 2. The molecule has 3 N–H and O–H groups in total. The molecule has 6 nitrogen and oxygen atoms in total. The molecule has 2 aromatic rings. The minimum absolute atomic E-state index is 0.117. The third-order valence-corrected chi connectivity index (χ3v) is 3.46. The molecular formula is C16H19FN4O2. The maximum absolute atomic E-state index is 13.5. The van der Waals surface area contributed by atoms with Crippen molar-refractivity contribution in [2.75, 3.05) is 11.9 Å². The van der Waals surface area contributed by atoms with Crippen molar-refractivity contribution in [3.05, 3.63) is 48.0 Å². The van der Waals surface area contributed by atoms with Crippen LogP contribution in [0, 0.1) is 11.7 Å². The summed E-state index contributed by atoms with van der Waals surface area (Å²) in [6.07, 6.45) is 3.99. The zero-order valence-corrected chi connectivity index (χ0v) is 12.8. The van der Waals surface area contributed by atoms with Gasteiger partial charge in [-0.3, -0.25) is 14.7 Å². The third-order valence-electron chi connectivity index (χ3n) is 3.46. The van der Waals surface area contributed by atoms with Crippen LogP contribution < -0.4 is 10.6 Å². The Labute approximate surface area is 133 Å². The van der Waals surface area contributed by atoms with E-state index in [-0.39, 0.29) is 30.1 Å². The number of aromatic amines is 1. The van der Waals surface area contributed by atoms with E-state index in [1.54, 1.807) is 25.1 Å². The van der Waals surface area contributed by atoms with E-state index in [9.17, 15) is 14.0 Å². The van der Waals surface area contributed by atoms with Crippen LogP contribution in [0.2, 0.25) is 0 Å². The Morgan fingerprint density at radius 2 is 2.13 bits per heavy atom. The van der Waals surface area contributed by atoms with Crippen molar-refractivity contribution in [2.24, 2.45) is 5.92 Å². The number of amides is 2. The number of aryl methyl sites for hydroxylation is 1. The fraction of sp³-hybridized carbons (Fsp3) is 0.312. The average molecular weight is 318 g/mol. The van der Waals surface area contributed by atoms with Crippen LogP contribution in [0.3, 0.4) is 0 Å². The van der Waals surface area contributed by atoms with Gasteiger partial charge in [0.25, 0.3) is 0 Å². The molecule has 23 heavy (non-hydrogen) atoms. The summed E-state index contributed by atoms with van der Waals surface area (Å²) in [4.78, 5) is 23.6. The Morgan fingerprint density at radius 1 is 1.35 bits per heavy atom. The molecule has 1 heterocycles. The summed E-state index contributed by atoms with van der Waals surface area (Å²) in [5, 5.41) is 11.4. The molecule has 0 bridgehead atoms. The number of nitrogens with one attached hydrogen (secondary N) is 3. The number of hydrogen-bond donors (Lipinski definition) is 3. The first kappa shape index (κ1) is 16.7. The molecule has 0 spiro atoms. The number of carbonyl (C=O) groups is 2. The Hall–Kier alpha value is -2.70. The summed E-state index contributed by atoms with van der Waals surface area (Å²) in [6, 6.07) is 6.51. The average Bonchev–Trinajstić information content (AvgIpc) is 3.04. The Bertz CT molecular complexity index is 658. The lowest BCUT2D eigenvalue weighted by atomic mass is 10.00. The third kappa shape index (κ3) is 5.21. The molecule has 1 aromatic heterocycles. The van der Waals surface area contributed by atoms with Gasteiger partial charge in [0.15, 0.2) is 0 Å². The highest BCUT2D eigenvalue weighted by molar-refractivity contribution is 5.94. The first-order valence-electron chi connectivity index (χ1n) is 7.36. The molecule has 0 fully saturated rings. The number of carbonyl (C=O) groups excluding carboxylic acids is 2. The van der Waals surface area contributed by atoms with Crippen molar-refractivity contribution in [1.82, 2.24) is 15.5 Å². The molecule has 0 unspecified atom stereocenters. The fourth-order valence-corrected chi connectivity index (χ4v) is 2.07. The maximum Gasteiger partial charge on any atom is 0.243 e. The van der Waals surface area contributed by atoms with Crippen LogP contribution in [-0.2, 0) is 16.0 Å². The van der Waals surface area contributed by atoms with E-state index in [0.29, 0.717) is 24.1 Å². The molecule has 0 saturated heterocycles. The van der Waals surface area contributed by atoms with Crippen molar-refractivity contribution in [3.8, 4) is 0 Å². The van der Waals surface area contributed by atoms with Crippen LogP contribution in [0.25, 0.3) is 0 Å². The number of halogens is 1. The summed E-state index contributed by atoms with van der Waals surface area (Å²) >= 11 is 0. The van der Waals surface area contributed by atoms with Crippen LogP contribution in [0.4, 0.5) is 10.1 Å². The van der Waals surface area contributed by atoms with Gasteiger partial charge in [-0.05, 0) is 24.5 Å². The number of rotatable bonds is 7. The van der Waals surface area contributed by atoms with Crippen molar-refractivity contribution in [3.63, 3.8) is 0 Å². The quantitative estimate of drug-likeness (QED) is 0.728. The van der Waals surface area contributed by atoms with E-state index in [1.165, 1.54) is 18.5 Å². The SMILES string of the molecule is C[C@H](CCc1ccccc1F)C(=O)NCC(=O)Nc1cn[nH]c1. The van der Waals surface area contributed by atoms with Crippen molar-refractivity contribution >= 4 is 17.5 Å². The highest BCUT2D eigenvalue weighted by Gasteiger charge is 2.15. The van der Waals surface area contributed by atoms with Gasteiger partial charge >= 0.3 is 0 Å². The van der Waals surface area contributed by atoms with Crippen LogP contribution in [-0.4, -0.2) is 28.6 Å². The molecule has 122 valence electrons. The molecule has 7 heteroatoms. The molecule has 1 aromatic carbocycles. The zero-order valence-electron chi connectivity index (χ0n) is 12.8. The Balaban J connectivity index is 1.72.